The summed E-state index contributed by atoms with van der Waals surface area (Å²) in [6.07, 6.45) is 4.76. The number of rotatable bonds is 10. The summed E-state index contributed by atoms with van der Waals surface area (Å²) >= 11 is 1.35. The number of esters is 1. The van der Waals surface area contributed by atoms with E-state index in [1.165, 1.54) is 28.0 Å². The Labute approximate surface area is 291 Å². The number of nitrogen functional groups attached to an aromatic ring is 1. The SMILES string of the molecule is CC.Cc1cc(C)c(SNC(CC(=O)OC(C)(C)C)C(=O)N(C)C(Cc2ccc3c(N)nccc3c2)C(=O)N2CCCCC2)c(C)c1C. The Morgan fingerprint density at radius 1 is 1.00 bits per heavy atom. The van der Waals surface area contributed by atoms with E-state index in [0.717, 1.165) is 51.6 Å². The number of aryl methyl sites for hydroxylation is 2. The average molecular weight is 678 g/mol. The summed E-state index contributed by atoms with van der Waals surface area (Å²) in [6.45, 7) is 19.0. The van der Waals surface area contributed by atoms with Gasteiger partial charge in [0.1, 0.15) is 23.5 Å². The van der Waals surface area contributed by atoms with Crippen LogP contribution in [0, 0.1) is 27.7 Å². The molecule has 262 valence electrons. The predicted octanol–water partition coefficient (Wildman–Crippen LogP) is 6.86. The number of likely N-dealkylation sites (N-methyl/N-ethyl adjacent to an activating group) is 1. The monoisotopic (exact) mass is 677 g/mol. The molecular formula is C38H55N5O4S. The van der Waals surface area contributed by atoms with E-state index in [1.807, 2.05) is 49.9 Å². The maximum atomic E-state index is 14.4. The number of aromatic nitrogens is 1. The number of fused-ring (bicyclic) bond motifs is 1. The van der Waals surface area contributed by atoms with Crippen LogP contribution in [-0.4, -0.2) is 70.4 Å². The fourth-order valence-electron chi connectivity index (χ4n) is 5.99. The van der Waals surface area contributed by atoms with Gasteiger partial charge in [0.15, 0.2) is 0 Å². The Hall–Kier alpha value is -3.63. The molecule has 10 heteroatoms. The van der Waals surface area contributed by atoms with Crippen molar-refractivity contribution in [2.24, 2.45) is 0 Å². The number of likely N-dealkylation sites (tertiary alicyclic amines) is 1. The van der Waals surface area contributed by atoms with E-state index >= 15 is 0 Å². The van der Waals surface area contributed by atoms with Crippen molar-refractivity contribution >= 4 is 46.3 Å². The normalized spacial score (nSPS) is 14.5. The van der Waals surface area contributed by atoms with Gasteiger partial charge in [-0.3, -0.25) is 14.4 Å². The summed E-state index contributed by atoms with van der Waals surface area (Å²) in [5.41, 5.74) is 10.9. The number of carbonyl (C=O) groups is 3. The molecule has 0 bridgehead atoms. The Balaban J connectivity index is 0.00000307. The van der Waals surface area contributed by atoms with Gasteiger partial charge in [-0.25, -0.2) is 9.71 Å². The number of nitrogens with one attached hydrogen (secondary N) is 1. The highest BCUT2D eigenvalue weighted by Gasteiger charge is 2.36. The standard InChI is InChI=1S/C36H49N5O4S.C2H6/c1-22-18-23(2)32(25(4)24(22)3)46-39-29(21-31(42)45-36(5,6)7)34(43)40(8)30(35(44)41-16-10-9-11-17-41)20-26-12-13-28-27(19-26)14-15-38-33(28)37;1-2/h12-15,18-19,29-30,39H,9-11,16-17,20-21H2,1-8H3,(H2,37,38);1-2H3. The van der Waals surface area contributed by atoms with Gasteiger partial charge < -0.3 is 20.3 Å². The van der Waals surface area contributed by atoms with E-state index in [2.05, 4.69) is 36.5 Å². The molecule has 1 fully saturated rings. The molecule has 9 nitrogen and oxygen atoms in total. The molecular weight excluding hydrogens is 623 g/mol. The second kappa shape index (κ2) is 17.2. The molecule has 0 spiro atoms. The van der Waals surface area contributed by atoms with Crippen molar-refractivity contribution in [2.75, 3.05) is 25.9 Å². The summed E-state index contributed by atoms with van der Waals surface area (Å²) in [7, 11) is 1.67. The first-order valence-electron chi connectivity index (χ1n) is 17.1. The lowest BCUT2D eigenvalue weighted by atomic mass is 9.99. The molecule has 3 N–H and O–H groups in total. The molecule has 1 saturated heterocycles. The van der Waals surface area contributed by atoms with Crippen molar-refractivity contribution < 1.29 is 19.1 Å². The van der Waals surface area contributed by atoms with Crippen molar-refractivity contribution in [2.45, 2.75) is 117 Å². The Kier molecular flexibility index (Phi) is 13.9. The van der Waals surface area contributed by atoms with E-state index < -0.39 is 23.7 Å². The molecule has 0 radical (unpaired) electrons. The molecule has 2 unspecified atom stereocenters. The number of benzene rings is 2. The highest BCUT2D eigenvalue weighted by Crippen LogP contribution is 2.30. The van der Waals surface area contributed by atoms with E-state index in [0.29, 0.717) is 25.3 Å². The molecule has 2 heterocycles. The minimum Gasteiger partial charge on any atom is -0.460 e. The van der Waals surface area contributed by atoms with Crippen LogP contribution in [0.15, 0.2) is 41.4 Å². The number of piperidine rings is 1. The molecule has 1 aromatic heterocycles. The van der Waals surface area contributed by atoms with Crippen LogP contribution in [0.4, 0.5) is 5.82 Å². The summed E-state index contributed by atoms with van der Waals surface area (Å²) in [5, 5.41) is 1.76. The number of carbonyl (C=O) groups excluding carboxylic acids is 3. The van der Waals surface area contributed by atoms with Crippen molar-refractivity contribution in [3.63, 3.8) is 0 Å². The lowest BCUT2D eigenvalue weighted by Crippen LogP contribution is -2.55. The Bertz CT molecular complexity index is 1600. The first-order valence-corrected chi connectivity index (χ1v) is 17.9. The zero-order valence-corrected chi connectivity index (χ0v) is 31.3. The minimum absolute atomic E-state index is 0.0885. The third-order valence-electron chi connectivity index (χ3n) is 8.73. The molecule has 48 heavy (non-hydrogen) atoms. The van der Waals surface area contributed by atoms with E-state index in [4.69, 9.17) is 10.5 Å². The van der Waals surface area contributed by atoms with Crippen LogP contribution in [0.2, 0.25) is 0 Å². The highest BCUT2D eigenvalue weighted by molar-refractivity contribution is 7.97. The maximum Gasteiger partial charge on any atom is 0.308 e. The summed E-state index contributed by atoms with van der Waals surface area (Å²) in [5.74, 6) is -0.475. The number of hydrogen-bond donors (Lipinski definition) is 2. The Morgan fingerprint density at radius 3 is 2.31 bits per heavy atom. The predicted molar refractivity (Wildman–Crippen MR) is 197 cm³/mol. The van der Waals surface area contributed by atoms with Crippen LogP contribution in [0.25, 0.3) is 10.8 Å². The lowest BCUT2D eigenvalue weighted by Gasteiger charge is -2.36. The van der Waals surface area contributed by atoms with Gasteiger partial charge in [0.25, 0.3) is 0 Å². The number of anilines is 1. The topological polar surface area (TPSA) is 118 Å². The first kappa shape index (κ1) is 38.8. The van der Waals surface area contributed by atoms with E-state index in [1.54, 1.807) is 34.0 Å². The first-order chi connectivity index (χ1) is 22.7. The second-order valence-electron chi connectivity index (χ2n) is 13.5. The third-order valence-corrected chi connectivity index (χ3v) is 9.97. The average Bonchev–Trinajstić information content (AvgIpc) is 3.05. The molecule has 1 aliphatic rings. The number of hydrogen-bond acceptors (Lipinski definition) is 8. The van der Waals surface area contributed by atoms with Gasteiger partial charge in [-0.2, -0.15) is 0 Å². The number of nitrogens with zero attached hydrogens (tertiary/aromatic N) is 3. The lowest BCUT2D eigenvalue weighted by molar-refractivity contribution is -0.157. The fraction of sp³-hybridized carbons (Fsp3) is 0.526. The van der Waals surface area contributed by atoms with Crippen LogP contribution >= 0.6 is 11.9 Å². The molecule has 2 aromatic carbocycles. The fourth-order valence-corrected chi connectivity index (χ4v) is 6.96. The van der Waals surface area contributed by atoms with Crippen LogP contribution < -0.4 is 10.5 Å². The van der Waals surface area contributed by atoms with Gasteiger partial charge in [0.2, 0.25) is 11.8 Å². The minimum atomic E-state index is -0.926. The Morgan fingerprint density at radius 2 is 1.67 bits per heavy atom. The van der Waals surface area contributed by atoms with Gasteiger partial charge in [-0.1, -0.05) is 38.1 Å². The van der Waals surface area contributed by atoms with Crippen LogP contribution in [-0.2, 0) is 25.5 Å². The van der Waals surface area contributed by atoms with E-state index in [-0.39, 0.29) is 18.2 Å². The van der Waals surface area contributed by atoms with Crippen LogP contribution in [0.1, 0.15) is 88.1 Å². The summed E-state index contributed by atoms with van der Waals surface area (Å²) in [6, 6.07) is 8.18. The maximum absolute atomic E-state index is 14.4. The van der Waals surface area contributed by atoms with Gasteiger partial charge in [-0.05, 0) is 119 Å². The van der Waals surface area contributed by atoms with Gasteiger partial charge in [-0.15, -0.1) is 0 Å². The number of ether oxygens (including phenoxy) is 1. The number of pyridine rings is 1. The van der Waals surface area contributed by atoms with Crippen molar-refractivity contribution in [1.29, 1.82) is 0 Å². The highest BCUT2D eigenvalue weighted by atomic mass is 32.2. The van der Waals surface area contributed by atoms with Gasteiger partial charge in [0, 0.05) is 43.0 Å². The molecule has 0 aliphatic carbocycles. The molecule has 3 aromatic rings. The zero-order valence-electron chi connectivity index (χ0n) is 30.5. The molecule has 1 aliphatic heterocycles. The van der Waals surface area contributed by atoms with E-state index in [9.17, 15) is 14.4 Å². The molecule has 2 atom stereocenters. The number of amides is 2. The third kappa shape index (κ3) is 9.95. The quantitative estimate of drug-likeness (QED) is 0.177. The zero-order chi connectivity index (χ0) is 35.8. The van der Waals surface area contributed by atoms with Crippen molar-refractivity contribution in [1.82, 2.24) is 19.5 Å². The van der Waals surface area contributed by atoms with Crippen LogP contribution in [0.5, 0.6) is 0 Å². The molecule has 2 amide bonds. The number of nitrogens with two attached hydrogens (primary N) is 1. The molecule has 4 rings (SSSR count). The van der Waals surface area contributed by atoms with Crippen molar-refractivity contribution in [3.05, 3.63) is 64.3 Å². The summed E-state index contributed by atoms with van der Waals surface area (Å²) < 4.78 is 8.94. The van der Waals surface area contributed by atoms with Crippen molar-refractivity contribution in [3.8, 4) is 0 Å². The van der Waals surface area contributed by atoms with Gasteiger partial charge in [0.05, 0.1) is 6.42 Å². The van der Waals surface area contributed by atoms with Gasteiger partial charge >= 0.3 is 5.97 Å². The second-order valence-corrected chi connectivity index (χ2v) is 14.3. The van der Waals surface area contributed by atoms with Crippen LogP contribution in [0.3, 0.4) is 0 Å². The largest absolute Gasteiger partial charge is 0.460 e. The summed E-state index contributed by atoms with van der Waals surface area (Å²) in [4.78, 5) is 50.2. The molecule has 0 saturated carbocycles. The smallest absolute Gasteiger partial charge is 0.308 e.